The number of rotatable bonds is 6. The third kappa shape index (κ3) is 4.07. The number of aryl methyl sites for hydroxylation is 2. The molecule has 0 radical (unpaired) electrons. The van der Waals surface area contributed by atoms with Crippen molar-refractivity contribution in [1.82, 2.24) is 15.2 Å². The summed E-state index contributed by atoms with van der Waals surface area (Å²) >= 11 is 9.80. The lowest BCUT2D eigenvalue weighted by Gasteiger charge is -2.17. The first-order chi connectivity index (χ1) is 10.0. The second kappa shape index (κ2) is 7.40. The molecule has 1 atom stereocenters. The fourth-order valence-corrected chi connectivity index (χ4v) is 2.87. The van der Waals surface area contributed by atoms with Gasteiger partial charge in [0.05, 0.1) is 16.4 Å². The minimum atomic E-state index is 0.116. The summed E-state index contributed by atoms with van der Waals surface area (Å²) in [5.74, 6) is 5.71. The molecule has 21 heavy (non-hydrogen) atoms. The van der Waals surface area contributed by atoms with Gasteiger partial charge >= 0.3 is 0 Å². The Bertz CT molecular complexity index is 594. The first-order valence-electron chi connectivity index (χ1n) is 6.97. The molecular formula is C15H20BrClN4. The van der Waals surface area contributed by atoms with E-state index in [1.165, 1.54) is 5.56 Å². The van der Waals surface area contributed by atoms with E-state index in [0.29, 0.717) is 0 Å². The lowest BCUT2D eigenvalue weighted by molar-refractivity contribution is 0.496. The van der Waals surface area contributed by atoms with E-state index in [-0.39, 0.29) is 6.04 Å². The molecule has 1 aromatic heterocycles. The molecule has 0 aliphatic carbocycles. The molecule has 0 spiro atoms. The van der Waals surface area contributed by atoms with Crippen molar-refractivity contribution in [2.24, 2.45) is 5.84 Å². The lowest BCUT2D eigenvalue weighted by Crippen LogP contribution is -2.39. The summed E-state index contributed by atoms with van der Waals surface area (Å²) in [5.41, 5.74) is 6.03. The number of nitrogens with zero attached hydrogens (tertiary/aromatic N) is 2. The maximum atomic E-state index is 6.36. The zero-order chi connectivity index (χ0) is 15.4. The number of hydrogen-bond acceptors (Lipinski definition) is 3. The molecule has 0 amide bonds. The van der Waals surface area contributed by atoms with E-state index in [0.717, 1.165) is 40.3 Å². The number of nitrogens with two attached hydrogens (primary N) is 1. The minimum Gasteiger partial charge on any atom is -0.271 e. The number of hydrazine groups is 1. The summed E-state index contributed by atoms with van der Waals surface area (Å²) < 4.78 is 3.02. The first-order valence-corrected chi connectivity index (χ1v) is 8.14. The van der Waals surface area contributed by atoms with Crippen molar-refractivity contribution in [1.29, 1.82) is 0 Å². The van der Waals surface area contributed by atoms with Crippen molar-refractivity contribution >= 4 is 27.5 Å². The molecule has 6 heteroatoms. The fraction of sp³-hybridized carbons (Fsp3) is 0.400. The minimum absolute atomic E-state index is 0.116. The molecule has 1 unspecified atom stereocenters. The van der Waals surface area contributed by atoms with Crippen LogP contribution in [0.15, 0.2) is 28.7 Å². The van der Waals surface area contributed by atoms with Crippen molar-refractivity contribution in [2.45, 2.75) is 39.3 Å². The van der Waals surface area contributed by atoms with Crippen LogP contribution in [0, 0.1) is 6.92 Å². The van der Waals surface area contributed by atoms with E-state index in [1.807, 2.05) is 23.7 Å². The molecule has 1 heterocycles. The van der Waals surface area contributed by atoms with Gasteiger partial charge in [0.15, 0.2) is 0 Å². The molecule has 1 aromatic carbocycles. The maximum Gasteiger partial charge on any atom is 0.0847 e. The van der Waals surface area contributed by atoms with Gasteiger partial charge in [0.2, 0.25) is 0 Å². The number of nitrogens with one attached hydrogen (secondary N) is 1. The molecule has 0 aliphatic rings. The number of hydrogen-bond donors (Lipinski definition) is 2. The van der Waals surface area contributed by atoms with Crippen molar-refractivity contribution in [2.75, 3.05) is 0 Å². The predicted octanol–water partition coefficient (Wildman–Crippen LogP) is 3.24. The highest BCUT2D eigenvalue weighted by Gasteiger charge is 2.17. The Labute approximate surface area is 138 Å². The zero-order valence-corrected chi connectivity index (χ0v) is 14.6. The fourth-order valence-electron chi connectivity index (χ4n) is 2.39. The zero-order valence-electron chi connectivity index (χ0n) is 12.2. The number of halogens is 2. The van der Waals surface area contributed by atoms with Crippen molar-refractivity contribution in [3.05, 3.63) is 50.7 Å². The number of aromatic nitrogens is 2. The average molecular weight is 372 g/mol. The van der Waals surface area contributed by atoms with Crippen LogP contribution < -0.4 is 11.3 Å². The lowest BCUT2D eigenvalue weighted by atomic mass is 10.0. The van der Waals surface area contributed by atoms with Gasteiger partial charge in [0.25, 0.3) is 0 Å². The predicted molar refractivity (Wildman–Crippen MR) is 90.3 cm³/mol. The monoisotopic (exact) mass is 370 g/mol. The van der Waals surface area contributed by atoms with Gasteiger partial charge in [-0.15, -0.1) is 0 Å². The molecular weight excluding hydrogens is 352 g/mol. The summed E-state index contributed by atoms with van der Waals surface area (Å²) in [6, 6.07) is 8.38. The van der Waals surface area contributed by atoms with Crippen LogP contribution in [0.3, 0.4) is 0 Å². The quantitative estimate of drug-likeness (QED) is 0.605. The van der Waals surface area contributed by atoms with Gasteiger partial charge in [-0.05, 0) is 38.0 Å². The summed E-state index contributed by atoms with van der Waals surface area (Å²) in [7, 11) is 0. The van der Waals surface area contributed by atoms with Crippen molar-refractivity contribution in [3.63, 3.8) is 0 Å². The van der Waals surface area contributed by atoms with Crippen LogP contribution in [-0.2, 0) is 19.4 Å². The van der Waals surface area contributed by atoms with Crippen LogP contribution in [0.25, 0.3) is 0 Å². The summed E-state index contributed by atoms with van der Waals surface area (Å²) in [5, 5.41) is 5.19. The van der Waals surface area contributed by atoms with E-state index >= 15 is 0 Å². The van der Waals surface area contributed by atoms with E-state index in [1.54, 1.807) is 0 Å². The van der Waals surface area contributed by atoms with Gasteiger partial charge in [-0.25, -0.2) is 0 Å². The maximum absolute atomic E-state index is 6.36. The highest BCUT2D eigenvalue weighted by molar-refractivity contribution is 9.10. The third-order valence-corrected chi connectivity index (χ3v) is 4.54. The molecule has 4 nitrogen and oxygen atoms in total. The normalized spacial score (nSPS) is 12.6. The highest BCUT2D eigenvalue weighted by atomic mass is 79.9. The van der Waals surface area contributed by atoms with E-state index in [2.05, 4.69) is 45.5 Å². The van der Waals surface area contributed by atoms with E-state index in [9.17, 15) is 0 Å². The number of benzene rings is 1. The van der Waals surface area contributed by atoms with Crippen LogP contribution in [0.2, 0.25) is 5.02 Å². The molecule has 114 valence electrons. The van der Waals surface area contributed by atoms with E-state index < -0.39 is 0 Å². The molecule has 2 rings (SSSR count). The van der Waals surface area contributed by atoms with Crippen molar-refractivity contribution < 1.29 is 0 Å². The third-order valence-electron chi connectivity index (χ3n) is 3.52. The SMILES string of the molecule is CCn1nc(C)c(Cl)c1CC(Cc1ccc(Br)cc1)NN. The van der Waals surface area contributed by atoms with Gasteiger partial charge in [0, 0.05) is 23.5 Å². The Morgan fingerprint density at radius 2 is 2.00 bits per heavy atom. The largest absolute Gasteiger partial charge is 0.271 e. The van der Waals surface area contributed by atoms with Crippen LogP contribution >= 0.6 is 27.5 Å². The second-order valence-electron chi connectivity index (χ2n) is 5.06. The standard InChI is InChI=1S/C15H20BrClN4/c1-3-21-14(15(17)10(2)20-21)9-13(19-18)8-11-4-6-12(16)7-5-11/h4-7,13,19H,3,8-9,18H2,1-2H3. The Kier molecular flexibility index (Phi) is 5.81. The Hall–Kier alpha value is -0.880. The average Bonchev–Trinajstić information content (AvgIpc) is 2.76. The first kappa shape index (κ1) is 16.5. The second-order valence-corrected chi connectivity index (χ2v) is 6.35. The molecule has 0 bridgehead atoms. The Balaban J connectivity index is 2.14. The van der Waals surface area contributed by atoms with Gasteiger partial charge in [0.1, 0.15) is 0 Å². The molecule has 0 saturated heterocycles. The van der Waals surface area contributed by atoms with Gasteiger partial charge in [-0.3, -0.25) is 16.0 Å². The molecule has 0 fully saturated rings. The van der Waals surface area contributed by atoms with Crippen LogP contribution in [0.1, 0.15) is 23.9 Å². The molecule has 3 N–H and O–H groups in total. The molecule has 0 aliphatic heterocycles. The Morgan fingerprint density at radius 1 is 1.33 bits per heavy atom. The van der Waals surface area contributed by atoms with Gasteiger partial charge in [-0.2, -0.15) is 5.10 Å². The van der Waals surface area contributed by atoms with Crippen LogP contribution in [0.4, 0.5) is 0 Å². The Morgan fingerprint density at radius 3 is 2.57 bits per heavy atom. The van der Waals surface area contributed by atoms with E-state index in [4.69, 9.17) is 17.4 Å². The highest BCUT2D eigenvalue weighted by Crippen LogP contribution is 2.22. The molecule has 2 aromatic rings. The van der Waals surface area contributed by atoms with Gasteiger partial charge < -0.3 is 0 Å². The van der Waals surface area contributed by atoms with Crippen LogP contribution in [-0.4, -0.2) is 15.8 Å². The summed E-state index contributed by atoms with van der Waals surface area (Å²) in [6.45, 7) is 4.79. The topological polar surface area (TPSA) is 55.9 Å². The summed E-state index contributed by atoms with van der Waals surface area (Å²) in [4.78, 5) is 0. The van der Waals surface area contributed by atoms with Crippen LogP contribution in [0.5, 0.6) is 0 Å². The smallest absolute Gasteiger partial charge is 0.0847 e. The molecule has 0 saturated carbocycles. The van der Waals surface area contributed by atoms with Gasteiger partial charge in [-0.1, -0.05) is 39.7 Å². The summed E-state index contributed by atoms with van der Waals surface area (Å²) in [6.07, 6.45) is 1.59. The van der Waals surface area contributed by atoms with Crippen molar-refractivity contribution in [3.8, 4) is 0 Å².